The molecule has 0 atom stereocenters. The Morgan fingerprint density at radius 3 is 2.60 bits per heavy atom. The Bertz CT molecular complexity index is 456. The fourth-order valence-electron chi connectivity index (χ4n) is 1.20. The number of aryl methyl sites for hydroxylation is 1. The van der Waals surface area contributed by atoms with Crippen molar-refractivity contribution in [1.82, 2.24) is 4.98 Å². The lowest BCUT2D eigenvalue weighted by molar-refractivity contribution is 0.600. The summed E-state index contributed by atoms with van der Waals surface area (Å²) >= 11 is 0. The molecular formula is C9H15N3O2S. The highest BCUT2D eigenvalue weighted by atomic mass is 32.2. The molecule has 0 fully saturated rings. The molecule has 5 nitrogen and oxygen atoms in total. The van der Waals surface area contributed by atoms with Crippen LogP contribution >= 0.6 is 0 Å². The highest BCUT2D eigenvalue weighted by molar-refractivity contribution is 7.92. The molecule has 0 aliphatic heterocycles. The number of rotatable bonds is 3. The summed E-state index contributed by atoms with van der Waals surface area (Å²) in [7, 11) is -1.75. The van der Waals surface area contributed by atoms with E-state index in [0.29, 0.717) is 11.3 Å². The van der Waals surface area contributed by atoms with Gasteiger partial charge in [-0.2, -0.15) is 0 Å². The molecule has 0 saturated carbocycles. The van der Waals surface area contributed by atoms with Crippen LogP contribution in [-0.2, 0) is 16.6 Å². The molecule has 0 aromatic carbocycles. The molecule has 0 radical (unpaired) electrons. The molecule has 0 bridgehead atoms. The van der Waals surface area contributed by atoms with Crippen LogP contribution in [0.4, 0.5) is 5.69 Å². The van der Waals surface area contributed by atoms with E-state index in [2.05, 4.69) is 4.98 Å². The summed E-state index contributed by atoms with van der Waals surface area (Å²) in [4.78, 5) is 4.07. The fraction of sp³-hybridized carbons (Fsp3) is 0.444. The summed E-state index contributed by atoms with van der Waals surface area (Å²) in [6.07, 6.45) is 2.76. The summed E-state index contributed by atoms with van der Waals surface area (Å²) in [6.45, 7) is 2.07. The lowest BCUT2D eigenvalue weighted by Gasteiger charge is -2.19. The monoisotopic (exact) mass is 229 g/mol. The van der Waals surface area contributed by atoms with Crippen molar-refractivity contribution in [1.29, 1.82) is 0 Å². The Hall–Kier alpha value is -1.14. The Labute approximate surface area is 90.0 Å². The molecule has 0 saturated heterocycles. The van der Waals surface area contributed by atoms with Gasteiger partial charge in [0.1, 0.15) is 0 Å². The number of nitrogens with two attached hydrogens (primary N) is 1. The second kappa shape index (κ2) is 4.16. The first-order valence-corrected chi connectivity index (χ1v) is 6.30. The third kappa shape index (κ3) is 2.66. The van der Waals surface area contributed by atoms with Crippen molar-refractivity contribution in [3.05, 3.63) is 23.5 Å². The molecular weight excluding hydrogens is 214 g/mol. The van der Waals surface area contributed by atoms with Crippen molar-refractivity contribution < 1.29 is 8.42 Å². The number of hydrogen-bond donors (Lipinski definition) is 1. The minimum absolute atomic E-state index is 0.266. The minimum atomic E-state index is -3.26. The van der Waals surface area contributed by atoms with Gasteiger partial charge in [0, 0.05) is 31.0 Å². The summed E-state index contributed by atoms with van der Waals surface area (Å²) in [6, 6.07) is 1.71. The summed E-state index contributed by atoms with van der Waals surface area (Å²) in [5.74, 6) is 0. The number of nitrogens with zero attached hydrogens (tertiary/aromatic N) is 2. The van der Waals surface area contributed by atoms with Gasteiger partial charge in [-0.05, 0) is 13.0 Å². The first-order valence-electron chi connectivity index (χ1n) is 4.45. The molecule has 2 N–H and O–H groups in total. The zero-order valence-corrected chi connectivity index (χ0v) is 9.87. The van der Waals surface area contributed by atoms with Crippen molar-refractivity contribution in [3.63, 3.8) is 0 Å². The van der Waals surface area contributed by atoms with E-state index in [-0.39, 0.29) is 6.54 Å². The van der Waals surface area contributed by atoms with Crippen LogP contribution in [-0.4, -0.2) is 26.7 Å². The molecule has 0 unspecified atom stereocenters. The summed E-state index contributed by atoms with van der Waals surface area (Å²) < 4.78 is 24.0. The molecule has 0 amide bonds. The van der Waals surface area contributed by atoms with Crippen LogP contribution in [0.15, 0.2) is 12.3 Å². The highest BCUT2D eigenvalue weighted by Gasteiger charge is 2.15. The van der Waals surface area contributed by atoms with Crippen LogP contribution in [0.25, 0.3) is 0 Å². The molecule has 1 rings (SSSR count). The molecule has 0 aliphatic rings. The van der Waals surface area contributed by atoms with Gasteiger partial charge in [-0.25, -0.2) is 8.42 Å². The second-order valence-corrected chi connectivity index (χ2v) is 5.40. The van der Waals surface area contributed by atoms with E-state index in [4.69, 9.17) is 5.73 Å². The van der Waals surface area contributed by atoms with Crippen molar-refractivity contribution in [3.8, 4) is 0 Å². The highest BCUT2D eigenvalue weighted by Crippen LogP contribution is 2.21. The number of pyridine rings is 1. The molecule has 0 aliphatic carbocycles. The van der Waals surface area contributed by atoms with Crippen LogP contribution in [0.3, 0.4) is 0 Å². The molecule has 0 spiro atoms. The molecule has 1 aromatic heterocycles. The van der Waals surface area contributed by atoms with Gasteiger partial charge in [-0.15, -0.1) is 0 Å². The van der Waals surface area contributed by atoms with Crippen molar-refractivity contribution >= 4 is 15.7 Å². The van der Waals surface area contributed by atoms with Crippen LogP contribution in [0.5, 0.6) is 0 Å². The smallest absolute Gasteiger partial charge is 0.232 e. The lowest BCUT2D eigenvalue weighted by Crippen LogP contribution is -2.26. The maximum Gasteiger partial charge on any atom is 0.232 e. The van der Waals surface area contributed by atoms with Crippen molar-refractivity contribution in [2.45, 2.75) is 13.5 Å². The first-order chi connectivity index (χ1) is 6.86. The van der Waals surface area contributed by atoms with Crippen LogP contribution in [0.1, 0.15) is 11.3 Å². The van der Waals surface area contributed by atoms with Crippen molar-refractivity contribution in [2.24, 2.45) is 5.73 Å². The predicted molar refractivity (Wildman–Crippen MR) is 60.1 cm³/mol. The van der Waals surface area contributed by atoms with Gasteiger partial charge in [-0.3, -0.25) is 9.29 Å². The molecule has 15 heavy (non-hydrogen) atoms. The van der Waals surface area contributed by atoms with E-state index in [1.54, 1.807) is 19.2 Å². The van der Waals surface area contributed by atoms with Gasteiger partial charge in [0.25, 0.3) is 0 Å². The van der Waals surface area contributed by atoms with E-state index in [1.807, 2.05) is 0 Å². The summed E-state index contributed by atoms with van der Waals surface area (Å²) in [5.41, 5.74) is 7.59. The zero-order valence-electron chi connectivity index (χ0n) is 9.06. The van der Waals surface area contributed by atoms with Crippen LogP contribution in [0, 0.1) is 6.92 Å². The maximum atomic E-state index is 11.4. The average molecular weight is 229 g/mol. The number of hydrogen-bond acceptors (Lipinski definition) is 4. The summed E-state index contributed by atoms with van der Waals surface area (Å²) in [5, 5.41) is 0. The van der Waals surface area contributed by atoms with Gasteiger partial charge < -0.3 is 5.73 Å². The maximum absolute atomic E-state index is 11.4. The SMILES string of the molecule is Cc1cc(N(C)S(C)(=O)=O)c(CN)cn1. The van der Waals surface area contributed by atoms with E-state index in [0.717, 1.165) is 11.9 Å². The Kier molecular flexibility index (Phi) is 3.31. The second-order valence-electron chi connectivity index (χ2n) is 3.39. The van der Waals surface area contributed by atoms with Gasteiger partial charge in [0.2, 0.25) is 10.0 Å². The largest absolute Gasteiger partial charge is 0.326 e. The zero-order chi connectivity index (χ0) is 11.6. The van der Waals surface area contributed by atoms with Crippen LogP contribution in [0.2, 0.25) is 0 Å². The van der Waals surface area contributed by atoms with E-state index in [1.165, 1.54) is 11.4 Å². The topological polar surface area (TPSA) is 76.3 Å². The normalized spacial score (nSPS) is 11.5. The van der Waals surface area contributed by atoms with Gasteiger partial charge in [0.15, 0.2) is 0 Å². The fourth-order valence-corrected chi connectivity index (χ4v) is 1.73. The van der Waals surface area contributed by atoms with E-state index in [9.17, 15) is 8.42 Å². The Balaban J connectivity index is 3.29. The average Bonchev–Trinajstić information content (AvgIpc) is 2.15. The minimum Gasteiger partial charge on any atom is -0.326 e. The molecule has 84 valence electrons. The molecule has 1 heterocycles. The van der Waals surface area contributed by atoms with E-state index < -0.39 is 10.0 Å². The Morgan fingerprint density at radius 1 is 1.53 bits per heavy atom. The third-order valence-corrected chi connectivity index (χ3v) is 3.35. The van der Waals surface area contributed by atoms with E-state index >= 15 is 0 Å². The third-order valence-electron chi connectivity index (χ3n) is 2.16. The first kappa shape index (κ1) is 11.9. The Morgan fingerprint density at radius 2 is 2.13 bits per heavy atom. The quantitative estimate of drug-likeness (QED) is 0.805. The molecule has 6 heteroatoms. The lowest BCUT2D eigenvalue weighted by atomic mass is 10.2. The number of sulfonamides is 1. The van der Waals surface area contributed by atoms with Crippen molar-refractivity contribution in [2.75, 3.05) is 17.6 Å². The standard InChI is InChI=1S/C9H15N3O2S/c1-7-4-9(8(5-10)6-11-7)12(2)15(3,13)14/h4,6H,5,10H2,1-3H3. The predicted octanol–water partition coefficient (Wildman–Crippen LogP) is 0.245. The number of aromatic nitrogens is 1. The number of anilines is 1. The van der Waals surface area contributed by atoms with Gasteiger partial charge in [-0.1, -0.05) is 0 Å². The van der Waals surface area contributed by atoms with Gasteiger partial charge >= 0.3 is 0 Å². The van der Waals surface area contributed by atoms with Gasteiger partial charge in [0.05, 0.1) is 11.9 Å². The molecule has 1 aromatic rings. The van der Waals surface area contributed by atoms with Crippen LogP contribution < -0.4 is 10.0 Å².